The second-order valence-corrected chi connectivity index (χ2v) is 4.38. The molecule has 7 heteroatoms. The predicted octanol–water partition coefficient (Wildman–Crippen LogP) is 1.54. The van der Waals surface area contributed by atoms with Gasteiger partial charge in [-0.1, -0.05) is 12.1 Å². The molecule has 2 aromatic rings. The smallest absolute Gasteiger partial charge is 0.339 e. The topological polar surface area (TPSA) is 93.5 Å². The van der Waals surface area contributed by atoms with E-state index >= 15 is 0 Å². The van der Waals surface area contributed by atoms with Crippen LogP contribution in [0.2, 0.25) is 0 Å². The first-order valence-corrected chi connectivity index (χ1v) is 6.21. The van der Waals surface area contributed by atoms with Crippen LogP contribution in [0.3, 0.4) is 0 Å². The number of carboxylic acid groups (broad SMARTS) is 1. The minimum atomic E-state index is -1.07. The first kappa shape index (κ1) is 14.6. The van der Waals surface area contributed by atoms with E-state index in [4.69, 9.17) is 9.84 Å². The van der Waals surface area contributed by atoms with Gasteiger partial charge in [-0.2, -0.15) is 5.10 Å². The number of carboxylic acids is 1. The van der Waals surface area contributed by atoms with Crippen LogP contribution < -0.4 is 10.1 Å². The number of aryl methyl sites for hydroxylation is 1. The molecule has 0 radical (unpaired) electrons. The van der Waals surface area contributed by atoms with Gasteiger partial charge in [0.15, 0.2) is 0 Å². The monoisotopic (exact) mass is 289 g/mol. The van der Waals surface area contributed by atoms with E-state index in [0.29, 0.717) is 17.1 Å². The molecule has 2 rings (SSSR count). The number of nitrogens with one attached hydrogen (secondary N) is 1. The van der Waals surface area contributed by atoms with E-state index in [1.54, 1.807) is 31.2 Å². The first-order chi connectivity index (χ1) is 10.0. The molecule has 0 aliphatic carbocycles. The molecular weight excluding hydrogens is 274 g/mol. The van der Waals surface area contributed by atoms with E-state index in [9.17, 15) is 9.59 Å². The molecule has 7 nitrogen and oxygen atoms in total. The molecule has 0 aliphatic rings. The van der Waals surface area contributed by atoms with Gasteiger partial charge < -0.3 is 15.2 Å². The highest BCUT2D eigenvalue weighted by Gasteiger charge is 2.14. The lowest BCUT2D eigenvalue weighted by atomic mass is 10.3. The first-order valence-electron chi connectivity index (χ1n) is 6.21. The lowest BCUT2D eigenvalue weighted by Gasteiger charge is -2.09. The molecule has 1 aromatic heterocycles. The SMILES string of the molecule is COc1ccccc1NC(=O)Cn1cc(C(=O)O)c(C)n1. The van der Waals surface area contributed by atoms with E-state index < -0.39 is 5.97 Å². The number of carbonyl (C=O) groups excluding carboxylic acids is 1. The van der Waals surface area contributed by atoms with Crippen LogP contribution in [0.4, 0.5) is 5.69 Å². The average Bonchev–Trinajstić information content (AvgIpc) is 2.80. The molecule has 0 aliphatic heterocycles. The van der Waals surface area contributed by atoms with E-state index in [1.165, 1.54) is 18.0 Å². The minimum Gasteiger partial charge on any atom is -0.495 e. The normalized spacial score (nSPS) is 10.2. The van der Waals surface area contributed by atoms with Crippen molar-refractivity contribution in [2.45, 2.75) is 13.5 Å². The third-order valence-electron chi connectivity index (χ3n) is 2.86. The molecule has 0 bridgehead atoms. The number of anilines is 1. The summed E-state index contributed by atoms with van der Waals surface area (Å²) >= 11 is 0. The van der Waals surface area contributed by atoms with Crippen LogP contribution in [0.25, 0.3) is 0 Å². The van der Waals surface area contributed by atoms with Crippen LogP contribution >= 0.6 is 0 Å². The van der Waals surface area contributed by atoms with Crippen LogP contribution in [-0.4, -0.2) is 33.9 Å². The van der Waals surface area contributed by atoms with Crippen molar-refractivity contribution < 1.29 is 19.4 Å². The van der Waals surface area contributed by atoms with Crippen molar-refractivity contribution >= 4 is 17.6 Å². The highest BCUT2D eigenvalue weighted by molar-refractivity contribution is 5.92. The van der Waals surface area contributed by atoms with Gasteiger partial charge in [0.2, 0.25) is 5.91 Å². The summed E-state index contributed by atoms with van der Waals surface area (Å²) in [7, 11) is 1.51. The van der Waals surface area contributed by atoms with Crippen molar-refractivity contribution in [1.29, 1.82) is 0 Å². The van der Waals surface area contributed by atoms with E-state index in [1.807, 2.05) is 0 Å². The lowest BCUT2D eigenvalue weighted by Crippen LogP contribution is -2.19. The maximum Gasteiger partial charge on any atom is 0.339 e. The molecule has 1 aromatic carbocycles. The van der Waals surface area contributed by atoms with Gasteiger partial charge in [0.05, 0.1) is 18.5 Å². The van der Waals surface area contributed by atoms with Gasteiger partial charge in [-0.25, -0.2) is 4.79 Å². The summed E-state index contributed by atoms with van der Waals surface area (Å²) in [5.41, 5.74) is 1.00. The summed E-state index contributed by atoms with van der Waals surface area (Å²) in [6, 6.07) is 7.02. The van der Waals surface area contributed by atoms with Gasteiger partial charge in [0.1, 0.15) is 17.9 Å². The van der Waals surface area contributed by atoms with Gasteiger partial charge in [-0.05, 0) is 19.1 Å². The zero-order chi connectivity index (χ0) is 15.4. The number of methoxy groups -OCH3 is 1. The second kappa shape index (κ2) is 6.08. The Balaban J connectivity index is 2.08. The fourth-order valence-corrected chi connectivity index (χ4v) is 1.89. The summed E-state index contributed by atoms with van der Waals surface area (Å²) in [5, 5.41) is 15.6. The van der Waals surface area contributed by atoms with Crippen LogP contribution in [-0.2, 0) is 11.3 Å². The Kier molecular flexibility index (Phi) is 4.22. The Labute approximate surface area is 121 Å². The van der Waals surface area contributed by atoms with Gasteiger partial charge in [-0.15, -0.1) is 0 Å². The quantitative estimate of drug-likeness (QED) is 0.870. The summed E-state index contributed by atoms with van der Waals surface area (Å²) in [4.78, 5) is 22.9. The molecule has 0 fully saturated rings. The number of benzene rings is 1. The summed E-state index contributed by atoms with van der Waals surface area (Å²) < 4.78 is 6.43. The van der Waals surface area contributed by atoms with Crippen molar-refractivity contribution in [2.24, 2.45) is 0 Å². The molecule has 0 saturated carbocycles. The Morgan fingerprint density at radius 3 is 2.71 bits per heavy atom. The average molecular weight is 289 g/mol. The molecule has 110 valence electrons. The Hall–Kier alpha value is -2.83. The van der Waals surface area contributed by atoms with E-state index in [2.05, 4.69) is 10.4 Å². The van der Waals surface area contributed by atoms with Crippen molar-refractivity contribution in [3.05, 3.63) is 41.7 Å². The van der Waals surface area contributed by atoms with Crippen LogP contribution in [0.15, 0.2) is 30.5 Å². The number of rotatable bonds is 5. The van der Waals surface area contributed by atoms with Gasteiger partial charge >= 0.3 is 5.97 Å². The fourth-order valence-electron chi connectivity index (χ4n) is 1.89. The predicted molar refractivity (Wildman–Crippen MR) is 75.5 cm³/mol. The number of ether oxygens (including phenoxy) is 1. The number of para-hydroxylation sites is 2. The number of hydrogen-bond donors (Lipinski definition) is 2. The van der Waals surface area contributed by atoms with Crippen molar-refractivity contribution in [3.8, 4) is 5.75 Å². The molecule has 1 amide bonds. The van der Waals surface area contributed by atoms with Crippen molar-refractivity contribution in [2.75, 3.05) is 12.4 Å². The highest BCUT2D eigenvalue weighted by atomic mass is 16.5. The standard InChI is InChI=1S/C14H15N3O4/c1-9-10(14(19)20)7-17(16-9)8-13(18)15-11-5-3-4-6-12(11)21-2/h3-7H,8H2,1-2H3,(H,15,18)(H,19,20). The number of carbonyl (C=O) groups is 2. The third kappa shape index (κ3) is 3.38. The Morgan fingerprint density at radius 2 is 2.10 bits per heavy atom. The van der Waals surface area contributed by atoms with Crippen molar-refractivity contribution in [3.63, 3.8) is 0 Å². The molecule has 2 N–H and O–H groups in total. The zero-order valence-corrected chi connectivity index (χ0v) is 11.7. The third-order valence-corrected chi connectivity index (χ3v) is 2.86. The summed E-state index contributed by atoms with van der Waals surface area (Å²) in [6.45, 7) is 1.50. The van der Waals surface area contributed by atoms with Gasteiger partial charge in [-0.3, -0.25) is 9.48 Å². The number of nitrogens with zero attached hydrogens (tertiary/aromatic N) is 2. The van der Waals surface area contributed by atoms with Crippen molar-refractivity contribution in [1.82, 2.24) is 9.78 Å². The molecule has 0 saturated heterocycles. The van der Waals surface area contributed by atoms with E-state index in [0.717, 1.165) is 0 Å². The molecule has 1 heterocycles. The maximum atomic E-state index is 12.0. The number of amides is 1. The summed E-state index contributed by atoms with van der Waals surface area (Å²) in [6.07, 6.45) is 1.33. The molecular formula is C14H15N3O4. The maximum absolute atomic E-state index is 12.0. The summed E-state index contributed by atoms with van der Waals surface area (Å²) in [5.74, 6) is -0.837. The zero-order valence-electron chi connectivity index (χ0n) is 11.7. The van der Waals surface area contributed by atoms with Gasteiger partial charge in [0.25, 0.3) is 0 Å². The Bertz CT molecular complexity index is 679. The molecule has 0 unspecified atom stereocenters. The van der Waals surface area contributed by atoms with Crippen LogP contribution in [0.5, 0.6) is 5.75 Å². The fraction of sp³-hybridized carbons (Fsp3) is 0.214. The number of hydrogen-bond acceptors (Lipinski definition) is 4. The van der Waals surface area contributed by atoms with Crippen LogP contribution in [0.1, 0.15) is 16.1 Å². The number of aromatic nitrogens is 2. The Morgan fingerprint density at radius 1 is 1.38 bits per heavy atom. The molecule has 21 heavy (non-hydrogen) atoms. The number of aromatic carboxylic acids is 1. The second-order valence-electron chi connectivity index (χ2n) is 4.38. The van der Waals surface area contributed by atoms with E-state index in [-0.39, 0.29) is 18.0 Å². The highest BCUT2D eigenvalue weighted by Crippen LogP contribution is 2.22. The molecule has 0 atom stereocenters. The largest absolute Gasteiger partial charge is 0.495 e. The lowest BCUT2D eigenvalue weighted by molar-refractivity contribution is -0.116. The van der Waals surface area contributed by atoms with Crippen LogP contribution in [0, 0.1) is 6.92 Å². The van der Waals surface area contributed by atoms with Gasteiger partial charge in [0, 0.05) is 6.20 Å². The minimum absolute atomic E-state index is 0.0772. The molecule has 0 spiro atoms.